The van der Waals surface area contributed by atoms with Crippen molar-refractivity contribution >= 4 is 11.4 Å². The Balaban J connectivity index is 2.14. The summed E-state index contributed by atoms with van der Waals surface area (Å²) >= 11 is 0. The molecule has 0 spiro atoms. The molecule has 2 nitrogen and oxygen atoms in total. The first kappa shape index (κ1) is 4.24. The van der Waals surface area contributed by atoms with E-state index in [1.165, 1.54) is 37.1 Å². The standard InChI is InChI=1S/C6H8N2/c1-2-4-6-5(3-1)7-8-6/h1-4H2. The van der Waals surface area contributed by atoms with E-state index >= 15 is 0 Å². The minimum Gasteiger partial charge on any atom is -0.153 e. The molecule has 42 valence electrons. The van der Waals surface area contributed by atoms with Crippen LogP contribution in [0.2, 0.25) is 0 Å². The number of hydrogen-bond donors (Lipinski definition) is 0. The highest BCUT2D eigenvalue weighted by Gasteiger charge is 2.19. The smallest absolute Gasteiger partial charge is 0.0863 e. The first-order chi connectivity index (χ1) is 3.97. The summed E-state index contributed by atoms with van der Waals surface area (Å²) in [5.41, 5.74) is 2.55. The largest absolute Gasteiger partial charge is 0.153 e. The average molecular weight is 108 g/mol. The first-order valence-electron chi connectivity index (χ1n) is 3.10. The van der Waals surface area contributed by atoms with Gasteiger partial charge in [-0.05, 0) is 25.7 Å². The fraction of sp³-hybridized carbons (Fsp3) is 0.667. The molecule has 0 aromatic rings. The summed E-state index contributed by atoms with van der Waals surface area (Å²) in [4.78, 5) is 0. The van der Waals surface area contributed by atoms with E-state index in [1.807, 2.05) is 0 Å². The van der Waals surface area contributed by atoms with Crippen LogP contribution < -0.4 is 0 Å². The van der Waals surface area contributed by atoms with Crippen molar-refractivity contribution in [3.05, 3.63) is 0 Å². The van der Waals surface area contributed by atoms with Gasteiger partial charge >= 0.3 is 0 Å². The molecule has 8 heavy (non-hydrogen) atoms. The minimum atomic E-state index is 1.18. The summed E-state index contributed by atoms with van der Waals surface area (Å²) in [6, 6.07) is 0. The minimum absolute atomic E-state index is 1.18. The average Bonchev–Trinajstić information content (AvgIpc) is 1.72. The summed E-state index contributed by atoms with van der Waals surface area (Å²) in [5.74, 6) is 0. The predicted molar refractivity (Wildman–Crippen MR) is 33.3 cm³/mol. The van der Waals surface area contributed by atoms with Crippen molar-refractivity contribution in [3.63, 3.8) is 0 Å². The lowest BCUT2D eigenvalue weighted by Crippen LogP contribution is -2.23. The van der Waals surface area contributed by atoms with Gasteiger partial charge in [-0.15, -0.1) is 0 Å². The highest BCUT2D eigenvalue weighted by molar-refractivity contribution is 6.45. The molecule has 0 amide bonds. The van der Waals surface area contributed by atoms with E-state index in [1.54, 1.807) is 0 Å². The predicted octanol–water partition coefficient (Wildman–Crippen LogP) is 1.37. The Kier molecular flexibility index (Phi) is 0.745. The van der Waals surface area contributed by atoms with E-state index in [-0.39, 0.29) is 0 Å². The van der Waals surface area contributed by atoms with Crippen molar-refractivity contribution in [1.29, 1.82) is 0 Å². The Morgan fingerprint density at radius 3 is 1.62 bits per heavy atom. The van der Waals surface area contributed by atoms with Crippen LogP contribution in [0, 0.1) is 0 Å². The van der Waals surface area contributed by atoms with E-state index in [0.29, 0.717) is 0 Å². The molecule has 1 heterocycles. The van der Waals surface area contributed by atoms with E-state index < -0.39 is 0 Å². The zero-order valence-corrected chi connectivity index (χ0v) is 4.72. The Bertz CT molecular complexity index is 147. The summed E-state index contributed by atoms with van der Waals surface area (Å²) in [6.45, 7) is 0. The van der Waals surface area contributed by atoms with Crippen molar-refractivity contribution in [2.45, 2.75) is 25.7 Å². The van der Waals surface area contributed by atoms with Crippen LogP contribution in [0.5, 0.6) is 0 Å². The normalized spacial score (nSPS) is 25.0. The van der Waals surface area contributed by atoms with Gasteiger partial charge in [0.25, 0.3) is 0 Å². The molecule has 2 heteroatoms. The third-order valence-electron chi connectivity index (χ3n) is 1.70. The van der Waals surface area contributed by atoms with Crippen LogP contribution in [0.25, 0.3) is 0 Å². The number of nitrogens with zero attached hydrogens (tertiary/aromatic N) is 2. The lowest BCUT2D eigenvalue weighted by Gasteiger charge is -2.18. The highest BCUT2D eigenvalue weighted by atomic mass is 15.3. The fourth-order valence-electron chi connectivity index (χ4n) is 1.16. The van der Waals surface area contributed by atoms with Gasteiger partial charge in [-0.2, -0.15) is 10.2 Å². The SMILES string of the molecule is C1CCC2=NN=C2C1. The molecule has 0 atom stereocenters. The second kappa shape index (κ2) is 1.41. The van der Waals surface area contributed by atoms with E-state index in [2.05, 4.69) is 10.2 Å². The number of hydrogen-bond acceptors (Lipinski definition) is 2. The molecule has 2 aliphatic rings. The van der Waals surface area contributed by atoms with Gasteiger partial charge in [-0.25, -0.2) is 0 Å². The molecule has 0 aromatic carbocycles. The summed E-state index contributed by atoms with van der Waals surface area (Å²) in [5, 5.41) is 7.79. The second-order valence-electron chi connectivity index (χ2n) is 2.30. The van der Waals surface area contributed by atoms with Gasteiger partial charge in [-0.1, -0.05) is 0 Å². The molecule has 0 bridgehead atoms. The van der Waals surface area contributed by atoms with Crippen LogP contribution in [0.4, 0.5) is 0 Å². The lowest BCUT2D eigenvalue weighted by atomic mass is 9.95. The summed E-state index contributed by atoms with van der Waals surface area (Å²) in [6.07, 6.45) is 4.99. The van der Waals surface area contributed by atoms with Crippen LogP contribution in [0.15, 0.2) is 10.2 Å². The third kappa shape index (κ3) is 0.427. The van der Waals surface area contributed by atoms with Gasteiger partial charge in [-0.3, -0.25) is 0 Å². The number of fused-ring (bicyclic) bond motifs is 1. The quantitative estimate of drug-likeness (QED) is 0.447. The van der Waals surface area contributed by atoms with Crippen LogP contribution >= 0.6 is 0 Å². The van der Waals surface area contributed by atoms with Gasteiger partial charge < -0.3 is 0 Å². The highest BCUT2D eigenvalue weighted by Crippen LogP contribution is 2.18. The second-order valence-corrected chi connectivity index (χ2v) is 2.30. The monoisotopic (exact) mass is 108 g/mol. The fourth-order valence-corrected chi connectivity index (χ4v) is 1.16. The van der Waals surface area contributed by atoms with Crippen molar-refractivity contribution in [2.75, 3.05) is 0 Å². The maximum atomic E-state index is 3.90. The van der Waals surface area contributed by atoms with Crippen molar-refractivity contribution in [3.8, 4) is 0 Å². The molecule has 0 unspecified atom stereocenters. The van der Waals surface area contributed by atoms with Crippen LogP contribution in [-0.2, 0) is 0 Å². The van der Waals surface area contributed by atoms with Crippen LogP contribution in [0.1, 0.15) is 25.7 Å². The topological polar surface area (TPSA) is 24.7 Å². The lowest BCUT2D eigenvalue weighted by molar-refractivity contribution is 0.760. The van der Waals surface area contributed by atoms with E-state index in [0.717, 1.165) is 0 Å². The van der Waals surface area contributed by atoms with Crippen molar-refractivity contribution < 1.29 is 0 Å². The maximum absolute atomic E-state index is 3.90. The van der Waals surface area contributed by atoms with Gasteiger partial charge in [0.05, 0.1) is 11.4 Å². The molecular formula is C6H8N2. The first-order valence-corrected chi connectivity index (χ1v) is 3.10. The Labute approximate surface area is 48.3 Å². The Hall–Kier alpha value is -0.660. The molecule has 0 N–H and O–H groups in total. The molecule has 0 radical (unpaired) electrons. The zero-order chi connectivity index (χ0) is 5.40. The van der Waals surface area contributed by atoms with Crippen LogP contribution in [0.3, 0.4) is 0 Å². The van der Waals surface area contributed by atoms with Gasteiger partial charge in [0, 0.05) is 0 Å². The summed E-state index contributed by atoms with van der Waals surface area (Å²) < 4.78 is 0. The molecule has 2 rings (SSSR count). The van der Waals surface area contributed by atoms with Gasteiger partial charge in [0.2, 0.25) is 0 Å². The molecule has 1 aliphatic heterocycles. The molecule has 1 aliphatic carbocycles. The van der Waals surface area contributed by atoms with Gasteiger partial charge in [0.15, 0.2) is 0 Å². The molecule has 1 saturated carbocycles. The Morgan fingerprint density at radius 1 is 0.875 bits per heavy atom. The molecule has 1 fully saturated rings. The van der Waals surface area contributed by atoms with E-state index in [9.17, 15) is 0 Å². The number of rotatable bonds is 0. The molecular weight excluding hydrogens is 100 g/mol. The maximum Gasteiger partial charge on any atom is 0.0863 e. The van der Waals surface area contributed by atoms with Crippen molar-refractivity contribution in [1.82, 2.24) is 0 Å². The zero-order valence-electron chi connectivity index (χ0n) is 4.72. The Morgan fingerprint density at radius 2 is 1.38 bits per heavy atom. The molecule has 0 aromatic heterocycles. The van der Waals surface area contributed by atoms with Crippen LogP contribution in [-0.4, -0.2) is 11.4 Å². The summed E-state index contributed by atoms with van der Waals surface area (Å²) in [7, 11) is 0. The van der Waals surface area contributed by atoms with Crippen molar-refractivity contribution in [2.24, 2.45) is 10.2 Å². The van der Waals surface area contributed by atoms with E-state index in [4.69, 9.17) is 0 Å². The molecule has 0 saturated heterocycles. The third-order valence-corrected chi connectivity index (χ3v) is 1.70. The van der Waals surface area contributed by atoms with Gasteiger partial charge in [0.1, 0.15) is 0 Å².